The van der Waals surface area contributed by atoms with Crippen LogP contribution in [0.2, 0.25) is 0 Å². The Labute approximate surface area is 105 Å². The minimum Gasteiger partial charge on any atom is -0.315 e. The van der Waals surface area contributed by atoms with E-state index in [1.165, 1.54) is 0 Å². The lowest BCUT2D eigenvalue weighted by atomic mass is 10.1. The third kappa shape index (κ3) is 3.53. The highest BCUT2D eigenvalue weighted by atomic mass is 32.2. The Morgan fingerprint density at radius 2 is 2.12 bits per heavy atom. The van der Waals surface area contributed by atoms with Crippen LogP contribution in [0.15, 0.2) is 12.7 Å². The Kier molecular flexibility index (Phi) is 4.75. The molecule has 1 atom stereocenters. The Morgan fingerprint density at radius 3 is 2.53 bits per heavy atom. The minimum absolute atomic E-state index is 0.296. The molecule has 0 aliphatic carbocycles. The SMILES string of the molecule is C=CCN(C(C)(C)C)S(=O)(=O)C1CCCNC1. The second-order valence-electron chi connectivity index (χ2n) is 5.50. The van der Waals surface area contributed by atoms with Crippen molar-refractivity contribution in [2.45, 2.75) is 44.4 Å². The predicted octanol–water partition coefficient (Wildman–Crippen LogP) is 1.35. The van der Waals surface area contributed by atoms with Crippen molar-refractivity contribution < 1.29 is 8.42 Å². The average Bonchev–Trinajstić information content (AvgIpc) is 2.25. The fourth-order valence-corrected chi connectivity index (χ4v) is 4.36. The maximum atomic E-state index is 12.6. The van der Waals surface area contributed by atoms with E-state index < -0.39 is 15.6 Å². The summed E-state index contributed by atoms with van der Waals surface area (Å²) in [5.74, 6) is 0. The molecule has 0 amide bonds. The quantitative estimate of drug-likeness (QED) is 0.776. The molecule has 0 radical (unpaired) electrons. The van der Waals surface area contributed by atoms with Gasteiger partial charge in [-0.05, 0) is 40.2 Å². The molecule has 1 N–H and O–H groups in total. The molecule has 17 heavy (non-hydrogen) atoms. The van der Waals surface area contributed by atoms with Crippen LogP contribution in [0.5, 0.6) is 0 Å². The van der Waals surface area contributed by atoms with Crippen molar-refractivity contribution in [1.29, 1.82) is 0 Å². The van der Waals surface area contributed by atoms with Gasteiger partial charge in [0.15, 0.2) is 0 Å². The van der Waals surface area contributed by atoms with Crippen LogP contribution in [0, 0.1) is 0 Å². The van der Waals surface area contributed by atoms with Crippen molar-refractivity contribution in [3.8, 4) is 0 Å². The fraction of sp³-hybridized carbons (Fsp3) is 0.833. The number of nitrogens with zero attached hydrogens (tertiary/aromatic N) is 1. The van der Waals surface area contributed by atoms with E-state index in [-0.39, 0.29) is 5.25 Å². The molecule has 1 saturated heterocycles. The van der Waals surface area contributed by atoms with E-state index in [1.54, 1.807) is 10.4 Å². The molecular formula is C12H24N2O2S. The van der Waals surface area contributed by atoms with E-state index in [0.29, 0.717) is 13.1 Å². The number of rotatable bonds is 4. The molecule has 0 aromatic rings. The summed E-state index contributed by atoms with van der Waals surface area (Å²) in [7, 11) is -3.24. The molecule has 1 unspecified atom stereocenters. The molecule has 0 aromatic heterocycles. The van der Waals surface area contributed by atoms with Gasteiger partial charge in [-0.15, -0.1) is 6.58 Å². The zero-order valence-corrected chi connectivity index (χ0v) is 11.9. The first-order valence-electron chi connectivity index (χ1n) is 6.13. The van der Waals surface area contributed by atoms with Crippen molar-refractivity contribution in [2.75, 3.05) is 19.6 Å². The van der Waals surface area contributed by atoms with Crippen LogP contribution in [0.25, 0.3) is 0 Å². The minimum atomic E-state index is -3.24. The number of piperidine rings is 1. The lowest BCUT2D eigenvalue weighted by Gasteiger charge is -2.37. The maximum Gasteiger partial charge on any atom is 0.219 e. The highest BCUT2D eigenvalue weighted by molar-refractivity contribution is 7.89. The smallest absolute Gasteiger partial charge is 0.219 e. The van der Waals surface area contributed by atoms with Gasteiger partial charge in [0.25, 0.3) is 0 Å². The summed E-state index contributed by atoms with van der Waals surface area (Å²) in [5, 5.41) is 2.86. The van der Waals surface area contributed by atoms with E-state index in [9.17, 15) is 8.42 Å². The number of nitrogens with one attached hydrogen (secondary N) is 1. The number of sulfonamides is 1. The standard InChI is InChI=1S/C12H24N2O2S/c1-5-9-14(12(2,3)4)17(15,16)11-7-6-8-13-10-11/h5,11,13H,1,6-10H2,2-4H3. The third-order valence-electron chi connectivity index (χ3n) is 3.02. The molecule has 0 saturated carbocycles. The van der Waals surface area contributed by atoms with Crippen molar-refractivity contribution in [2.24, 2.45) is 0 Å². The molecule has 5 heteroatoms. The zero-order valence-electron chi connectivity index (χ0n) is 11.1. The van der Waals surface area contributed by atoms with Gasteiger partial charge in [0.05, 0.1) is 5.25 Å². The van der Waals surface area contributed by atoms with Gasteiger partial charge in [0, 0.05) is 18.6 Å². The van der Waals surface area contributed by atoms with Crippen molar-refractivity contribution in [3.05, 3.63) is 12.7 Å². The first-order valence-corrected chi connectivity index (χ1v) is 7.63. The summed E-state index contributed by atoms with van der Waals surface area (Å²) in [5.41, 5.74) is -0.398. The Bertz CT molecular complexity index is 351. The summed E-state index contributed by atoms with van der Waals surface area (Å²) in [6.07, 6.45) is 3.33. The van der Waals surface area contributed by atoms with Gasteiger partial charge in [-0.3, -0.25) is 0 Å². The first-order chi connectivity index (χ1) is 7.80. The number of hydrogen-bond acceptors (Lipinski definition) is 3. The monoisotopic (exact) mass is 260 g/mol. The molecule has 4 nitrogen and oxygen atoms in total. The summed E-state index contributed by atoms with van der Waals surface area (Å²) >= 11 is 0. The van der Waals surface area contributed by atoms with E-state index in [0.717, 1.165) is 19.4 Å². The Balaban J connectivity index is 2.94. The molecule has 0 bridgehead atoms. The van der Waals surface area contributed by atoms with Crippen LogP contribution in [-0.2, 0) is 10.0 Å². The molecule has 100 valence electrons. The molecule has 0 spiro atoms. The lowest BCUT2D eigenvalue weighted by Crippen LogP contribution is -2.52. The van der Waals surface area contributed by atoms with Gasteiger partial charge in [0.2, 0.25) is 10.0 Å². The molecule has 0 aromatic carbocycles. The van der Waals surface area contributed by atoms with Gasteiger partial charge in [0.1, 0.15) is 0 Å². The summed E-state index contributed by atoms with van der Waals surface area (Å²) in [6, 6.07) is 0. The Hall–Kier alpha value is -0.390. The Morgan fingerprint density at radius 1 is 1.47 bits per heavy atom. The molecule has 1 fully saturated rings. The molecule has 1 aliphatic rings. The first kappa shape index (κ1) is 14.7. The van der Waals surface area contributed by atoms with E-state index in [1.807, 2.05) is 20.8 Å². The van der Waals surface area contributed by atoms with Crippen LogP contribution in [0.1, 0.15) is 33.6 Å². The second kappa shape index (κ2) is 5.50. The molecule has 1 heterocycles. The molecule has 1 aliphatic heterocycles. The predicted molar refractivity (Wildman–Crippen MR) is 71.5 cm³/mol. The largest absolute Gasteiger partial charge is 0.315 e. The summed E-state index contributed by atoms with van der Waals surface area (Å²) in [6.45, 7) is 11.3. The van der Waals surface area contributed by atoms with Gasteiger partial charge in [-0.25, -0.2) is 8.42 Å². The highest BCUT2D eigenvalue weighted by Gasteiger charge is 2.38. The summed E-state index contributed by atoms with van der Waals surface area (Å²) in [4.78, 5) is 0. The van der Waals surface area contributed by atoms with E-state index in [4.69, 9.17) is 0 Å². The van der Waals surface area contributed by atoms with Crippen LogP contribution in [-0.4, -0.2) is 43.1 Å². The van der Waals surface area contributed by atoms with Crippen molar-refractivity contribution >= 4 is 10.0 Å². The zero-order chi connectivity index (χ0) is 13.1. The lowest BCUT2D eigenvalue weighted by molar-refractivity contribution is 0.264. The van der Waals surface area contributed by atoms with Gasteiger partial charge >= 0.3 is 0 Å². The van der Waals surface area contributed by atoms with E-state index >= 15 is 0 Å². The molecular weight excluding hydrogens is 236 g/mol. The van der Waals surface area contributed by atoms with Crippen molar-refractivity contribution in [3.63, 3.8) is 0 Å². The van der Waals surface area contributed by atoms with Gasteiger partial charge in [-0.1, -0.05) is 6.08 Å². The highest BCUT2D eigenvalue weighted by Crippen LogP contribution is 2.24. The van der Waals surface area contributed by atoms with Crippen LogP contribution >= 0.6 is 0 Å². The van der Waals surface area contributed by atoms with Gasteiger partial charge < -0.3 is 5.32 Å². The van der Waals surface area contributed by atoms with Crippen LogP contribution in [0.4, 0.5) is 0 Å². The average molecular weight is 260 g/mol. The van der Waals surface area contributed by atoms with Crippen LogP contribution < -0.4 is 5.32 Å². The van der Waals surface area contributed by atoms with Crippen LogP contribution in [0.3, 0.4) is 0 Å². The van der Waals surface area contributed by atoms with E-state index in [2.05, 4.69) is 11.9 Å². The fourth-order valence-electron chi connectivity index (χ4n) is 2.13. The van der Waals surface area contributed by atoms with Crippen molar-refractivity contribution in [1.82, 2.24) is 9.62 Å². The number of hydrogen-bond donors (Lipinski definition) is 1. The third-order valence-corrected chi connectivity index (χ3v) is 5.58. The van der Waals surface area contributed by atoms with Gasteiger partial charge in [-0.2, -0.15) is 4.31 Å². The normalized spacial score (nSPS) is 22.7. The molecule has 1 rings (SSSR count). The topological polar surface area (TPSA) is 49.4 Å². The maximum absolute atomic E-state index is 12.6. The summed E-state index contributed by atoms with van der Waals surface area (Å²) < 4.78 is 26.7. The second-order valence-corrected chi connectivity index (χ2v) is 7.64.